The molecule has 3 aromatic rings. The van der Waals surface area contributed by atoms with E-state index in [1.165, 1.54) is 26.4 Å². The van der Waals surface area contributed by atoms with E-state index in [0.717, 1.165) is 22.6 Å². The van der Waals surface area contributed by atoms with Crippen molar-refractivity contribution in [3.05, 3.63) is 81.4 Å². The zero-order chi connectivity index (χ0) is 26.0. The molecule has 0 amide bonds. The number of ether oxygens (including phenoxy) is 2. The normalized spacial score (nSPS) is 17.1. The third-order valence-electron chi connectivity index (χ3n) is 6.39. The lowest BCUT2D eigenvalue weighted by Gasteiger charge is -2.28. The van der Waals surface area contributed by atoms with Crippen molar-refractivity contribution in [1.29, 1.82) is 0 Å². The van der Waals surface area contributed by atoms with Crippen molar-refractivity contribution in [2.45, 2.75) is 32.4 Å². The van der Waals surface area contributed by atoms with Gasteiger partial charge in [-0.25, -0.2) is 0 Å². The van der Waals surface area contributed by atoms with Crippen LogP contribution in [0.3, 0.4) is 0 Å². The number of nitrogens with one attached hydrogen (secondary N) is 1. The standard InChI is InChI=1S/C25H27N5O5S/c1-15-13-18(16(2)29(15)20-14-17(30(32)33)8-9-21(20)34-3)24-23(19-7-5-6-11-26-19)27-25(36)28(24)12-10-22(31)35-4/h5-9,11,13-14,23-24H,10,12H2,1-4H3,(H,27,36)/t23-,24-/m0/s1. The van der Waals surface area contributed by atoms with Crippen molar-refractivity contribution >= 4 is 29.0 Å². The Kier molecular flexibility index (Phi) is 7.20. The number of benzene rings is 1. The molecule has 0 radical (unpaired) electrons. The predicted molar refractivity (Wildman–Crippen MR) is 137 cm³/mol. The zero-order valence-electron chi connectivity index (χ0n) is 20.4. The number of nitro groups is 1. The Morgan fingerprint density at radius 1 is 1.22 bits per heavy atom. The lowest BCUT2D eigenvalue weighted by Crippen LogP contribution is -2.32. The number of hydrogen-bond acceptors (Lipinski definition) is 7. The highest BCUT2D eigenvalue weighted by Gasteiger charge is 2.41. The first-order chi connectivity index (χ1) is 17.3. The highest BCUT2D eigenvalue weighted by atomic mass is 32.1. The number of pyridine rings is 1. The van der Waals surface area contributed by atoms with Crippen LogP contribution >= 0.6 is 12.2 Å². The number of esters is 1. The van der Waals surface area contributed by atoms with Gasteiger partial charge in [-0.3, -0.25) is 19.9 Å². The summed E-state index contributed by atoms with van der Waals surface area (Å²) >= 11 is 5.68. The molecule has 2 atom stereocenters. The van der Waals surface area contributed by atoms with Crippen molar-refractivity contribution < 1.29 is 19.2 Å². The number of rotatable bonds is 8. The minimum atomic E-state index is -0.428. The van der Waals surface area contributed by atoms with Crippen LogP contribution in [-0.2, 0) is 9.53 Å². The van der Waals surface area contributed by atoms with Crippen LogP contribution < -0.4 is 10.1 Å². The number of methoxy groups -OCH3 is 2. The summed E-state index contributed by atoms with van der Waals surface area (Å²) in [5.41, 5.74) is 4.03. The van der Waals surface area contributed by atoms with Gasteiger partial charge >= 0.3 is 5.97 Å². The Hall–Kier alpha value is -3.99. The van der Waals surface area contributed by atoms with Crippen LogP contribution in [0.1, 0.15) is 41.1 Å². The third kappa shape index (κ3) is 4.61. The maximum Gasteiger partial charge on any atom is 0.307 e. The highest BCUT2D eigenvalue weighted by molar-refractivity contribution is 7.80. The summed E-state index contributed by atoms with van der Waals surface area (Å²) in [6.45, 7) is 4.25. The lowest BCUT2D eigenvalue weighted by molar-refractivity contribution is -0.384. The molecular formula is C25H27N5O5S. The average molecular weight is 510 g/mol. The van der Waals surface area contributed by atoms with Gasteiger partial charge in [-0.1, -0.05) is 6.07 Å². The van der Waals surface area contributed by atoms with Crippen LogP contribution in [0.4, 0.5) is 5.69 Å². The van der Waals surface area contributed by atoms with Crippen LogP contribution in [0.2, 0.25) is 0 Å². The summed E-state index contributed by atoms with van der Waals surface area (Å²) in [5, 5.41) is 15.4. The summed E-state index contributed by atoms with van der Waals surface area (Å²) in [6.07, 6.45) is 1.90. The second-order valence-electron chi connectivity index (χ2n) is 8.42. The second kappa shape index (κ2) is 10.3. The van der Waals surface area contributed by atoms with Crippen molar-refractivity contribution in [2.75, 3.05) is 20.8 Å². The molecule has 0 aliphatic carbocycles. The summed E-state index contributed by atoms with van der Waals surface area (Å²) in [7, 11) is 2.89. The smallest absolute Gasteiger partial charge is 0.307 e. The molecule has 0 saturated carbocycles. The van der Waals surface area contributed by atoms with Gasteiger partial charge in [0.25, 0.3) is 5.69 Å². The van der Waals surface area contributed by atoms with Crippen molar-refractivity contribution in [1.82, 2.24) is 19.8 Å². The van der Waals surface area contributed by atoms with Crippen LogP contribution in [0.25, 0.3) is 5.69 Å². The minimum Gasteiger partial charge on any atom is -0.495 e. The molecule has 1 aliphatic heterocycles. The van der Waals surface area contributed by atoms with Gasteiger partial charge in [0, 0.05) is 36.3 Å². The first kappa shape index (κ1) is 25.1. The second-order valence-corrected chi connectivity index (χ2v) is 8.81. The molecule has 10 nitrogen and oxygen atoms in total. The van der Waals surface area contributed by atoms with E-state index in [-0.39, 0.29) is 30.2 Å². The summed E-state index contributed by atoms with van der Waals surface area (Å²) < 4.78 is 12.3. The van der Waals surface area contributed by atoms with Crippen LogP contribution in [0, 0.1) is 24.0 Å². The average Bonchev–Trinajstić information content (AvgIpc) is 3.36. The molecule has 1 aromatic carbocycles. The molecule has 1 N–H and O–H groups in total. The van der Waals surface area contributed by atoms with E-state index in [1.807, 2.05) is 47.6 Å². The van der Waals surface area contributed by atoms with Crippen LogP contribution in [0.5, 0.6) is 5.75 Å². The maximum absolute atomic E-state index is 11.9. The number of nitrogens with zero attached hydrogens (tertiary/aromatic N) is 4. The largest absolute Gasteiger partial charge is 0.495 e. The van der Waals surface area contributed by atoms with Crippen molar-refractivity contribution in [2.24, 2.45) is 0 Å². The van der Waals surface area contributed by atoms with E-state index in [2.05, 4.69) is 10.3 Å². The van der Waals surface area contributed by atoms with Gasteiger partial charge in [0.15, 0.2) is 5.11 Å². The predicted octanol–water partition coefficient (Wildman–Crippen LogP) is 3.94. The number of non-ortho nitro benzene ring substituents is 1. The van der Waals surface area contributed by atoms with E-state index in [0.29, 0.717) is 23.1 Å². The fraction of sp³-hybridized carbons (Fsp3) is 0.320. The van der Waals surface area contributed by atoms with E-state index < -0.39 is 4.92 Å². The van der Waals surface area contributed by atoms with Crippen molar-refractivity contribution in [3.63, 3.8) is 0 Å². The molecule has 0 spiro atoms. The molecule has 1 saturated heterocycles. The quantitative estimate of drug-likeness (QED) is 0.209. The monoisotopic (exact) mass is 509 g/mol. The number of carbonyl (C=O) groups excluding carboxylic acids is 1. The van der Waals surface area contributed by atoms with Gasteiger partial charge in [0.05, 0.1) is 49.0 Å². The highest BCUT2D eigenvalue weighted by Crippen LogP contribution is 2.42. The van der Waals surface area contributed by atoms with E-state index in [4.69, 9.17) is 21.7 Å². The zero-order valence-corrected chi connectivity index (χ0v) is 21.2. The van der Waals surface area contributed by atoms with Gasteiger partial charge < -0.3 is 24.3 Å². The fourth-order valence-electron chi connectivity index (χ4n) is 4.72. The molecule has 1 fully saturated rings. The Bertz CT molecular complexity index is 1310. The maximum atomic E-state index is 11.9. The molecule has 188 valence electrons. The third-order valence-corrected chi connectivity index (χ3v) is 6.74. The summed E-state index contributed by atoms with van der Waals surface area (Å²) in [6, 6.07) is 11.7. The lowest BCUT2D eigenvalue weighted by atomic mass is 9.96. The Balaban J connectivity index is 1.85. The summed E-state index contributed by atoms with van der Waals surface area (Å²) in [5.74, 6) is 0.183. The van der Waals surface area contributed by atoms with Gasteiger partial charge in [-0.2, -0.15) is 0 Å². The number of thiocarbonyl (C=S) groups is 1. The molecular weight excluding hydrogens is 482 g/mol. The molecule has 4 rings (SSSR count). The SMILES string of the molecule is COC(=O)CCN1C(=S)N[C@@H](c2ccccn2)[C@@H]1c1cc(C)n(-c2cc([N+](=O)[O-])ccc2OC)c1C. The number of nitro benzene ring substituents is 1. The number of hydrogen-bond donors (Lipinski definition) is 1. The first-order valence-electron chi connectivity index (χ1n) is 11.3. The Labute approximate surface area is 214 Å². The molecule has 0 bridgehead atoms. The fourth-order valence-corrected chi connectivity index (χ4v) is 5.05. The molecule has 1 aliphatic rings. The Morgan fingerprint density at radius 3 is 2.64 bits per heavy atom. The van der Waals surface area contributed by atoms with Gasteiger partial charge in [0.2, 0.25) is 0 Å². The van der Waals surface area contributed by atoms with Gasteiger partial charge in [-0.05, 0) is 55.9 Å². The number of aryl methyl sites for hydroxylation is 1. The molecule has 2 aromatic heterocycles. The molecule has 3 heterocycles. The molecule has 36 heavy (non-hydrogen) atoms. The van der Waals surface area contributed by atoms with Gasteiger partial charge in [-0.15, -0.1) is 0 Å². The van der Waals surface area contributed by atoms with Crippen molar-refractivity contribution in [3.8, 4) is 11.4 Å². The number of aromatic nitrogens is 2. The minimum absolute atomic E-state index is 0.0328. The number of carbonyl (C=O) groups is 1. The van der Waals surface area contributed by atoms with Crippen LogP contribution in [-0.4, -0.2) is 51.2 Å². The van der Waals surface area contributed by atoms with Gasteiger partial charge in [0.1, 0.15) is 5.75 Å². The van der Waals surface area contributed by atoms with E-state index >= 15 is 0 Å². The van der Waals surface area contributed by atoms with E-state index in [1.54, 1.807) is 12.3 Å². The summed E-state index contributed by atoms with van der Waals surface area (Å²) in [4.78, 5) is 29.5. The Morgan fingerprint density at radius 2 is 2.00 bits per heavy atom. The van der Waals surface area contributed by atoms with Crippen LogP contribution in [0.15, 0.2) is 48.7 Å². The van der Waals surface area contributed by atoms with E-state index in [9.17, 15) is 14.9 Å². The molecule has 11 heteroatoms. The first-order valence-corrected chi connectivity index (χ1v) is 11.7. The topological polar surface area (TPSA) is 112 Å². The molecule has 0 unspecified atom stereocenters.